The second-order valence-corrected chi connectivity index (χ2v) is 6.44. The van der Waals surface area contributed by atoms with Crippen LogP contribution in [-0.2, 0) is 6.42 Å². The molecule has 116 valence electrons. The van der Waals surface area contributed by atoms with E-state index in [1.807, 2.05) is 36.4 Å². The molecule has 2 aromatic carbocycles. The van der Waals surface area contributed by atoms with Gasteiger partial charge in [-0.3, -0.25) is 4.40 Å². The molecule has 2 aromatic heterocycles. The van der Waals surface area contributed by atoms with E-state index in [0.29, 0.717) is 5.02 Å². The number of hydrogen-bond donors (Lipinski definition) is 0. The van der Waals surface area contributed by atoms with Gasteiger partial charge in [0.15, 0.2) is 0 Å². The monoisotopic (exact) mass is 324 g/mol. The van der Waals surface area contributed by atoms with Crippen LogP contribution < -0.4 is 0 Å². The van der Waals surface area contributed by atoms with Crippen molar-refractivity contribution in [3.8, 4) is 0 Å². The fourth-order valence-corrected chi connectivity index (χ4v) is 3.10. The van der Waals surface area contributed by atoms with Gasteiger partial charge in [0.05, 0.1) is 16.6 Å². The third kappa shape index (κ3) is 2.44. The molecular weight excluding hydrogens is 308 g/mol. The van der Waals surface area contributed by atoms with Crippen LogP contribution in [0.3, 0.4) is 0 Å². The first-order chi connectivity index (χ1) is 11.1. The fourth-order valence-electron chi connectivity index (χ4n) is 2.93. The molecule has 0 unspecified atom stereocenters. The molecule has 0 atom stereocenters. The summed E-state index contributed by atoms with van der Waals surface area (Å²) in [6, 6.07) is 14.0. The molecule has 0 N–H and O–H groups in total. The molecule has 0 saturated carbocycles. The first-order valence-corrected chi connectivity index (χ1v) is 8.01. The zero-order valence-electron chi connectivity index (χ0n) is 13.1. The SMILES string of the molecule is CN(C)CCc1nc2cc(Cl)ccc2c2nc3ccccc3n12. The minimum Gasteiger partial charge on any atom is -0.309 e. The van der Waals surface area contributed by atoms with Gasteiger partial charge in [0.2, 0.25) is 0 Å². The van der Waals surface area contributed by atoms with Crippen molar-refractivity contribution in [3.63, 3.8) is 0 Å². The zero-order chi connectivity index (χ0) is 16.0. The number of para-hydroxylation sites is 2. The van der Waals surface area contributed by atoms with Crippen LogP contribution in [0.2, 0.25) is 5.02 Å². The molecule has 0 fully saturated rings. The van der Waals surface area contributed by atoms with Crippen LogP contribution >= 0.6 is 11.6 Å². The van der Waals surface area contributed by atoms with Crippen molar-refractivity contribution in [3.05, 3.63) is 53.3 Å². The van der Waals surface area contributed by atoms with Gasteiger partial charge in [0, 0.05) is 23.4 Å². The summed E-state index contributed by atoms with van der Waals surface area (Å²) in [6.07, 6.45) is 0.853. The normalized spacial score (nSPS) is 12.0. The predicted molar refractivity (Wildman–Crippen MR) is 95.3 cm³/mol. The third-order valence-electron chi connectivity index (χ3n) is 4.05. The molecule has 5 heteroatoms. The van der Waals surface area contributed by atoms with Crippen molar-refractivity contribution < 1.29 is 0 Å². The van der Waals surface area contributed by atoms with Crippen molar-refractivity contribution in [2.45, 2.75) is 6.42 Å². The average molecular weight is 325 g/mol. The Balaban J connectivity index is 2.09. The molecule has 2 heterocycles. The van der Waals surface area contributed by atoms with Crippen LogP contribution in [-0.4, -0.2) is 39.9 Å². The summed E-state index contributed by atoms with van der Waals surface area (Å²) in [5.41, 5.74) is 3.93. The Morgan fingerprint density at radius 3 is 2.70 bits per heavy atom. The van der Waals surface area contributed by atoms with Crippen LogP contribution in [0.1, 0.15) is 5.82 Å². The van der Waals surface area contributed by atoms with Gasteiger partial charge in [-0.05, 0) is 44.4 Å². The van der Waals surface area contributed by atoms with Gasteiger partial charge < -0.3 is 4.90 Å². The molecule has 0 aliphatic heterocycles. The molecule has 0 bridgehead atoms. The largest absolute Gasteiger partial charge is 0.309 e. The molecule has 0 radical (unpaired) electrons. The van der Waals surface area contributed by atoms with E-state index in [0.717, 1.165) is 46.4 Å². The van der Waals surface area contributed by atoms with Crippen molar-refractivity contribution in [2.24, 2.45) is 0 Å². The quantitative estimate of drug-likeness (QED) is 0.575. The minimum absolute atomic E-state index is 0.698. The number of hydrogen-bond acceptors (Lipinski definition) is 3. The van der Waals surface area contributed by atoms with E-state index >= 15 is 0 Å². The lowest BCUT2D eigenvalue weighted by Gasteiger charge is -2.12. The summed E-state index contributed by atoms with van der Waals surface area (Å²) in [5, 5.41) is 1.73. The van der Waals surface area contributed by atoms with E-state index in [2.05, 4.69) is 29.5 Å². The summed E-state index contributed by atoms with van der Waals surface area (Å²) in [4.78, 5) is 11.9. The highest BCUT2D eigenvalue weighted by atomic mass is 35.5. The maximum atomic E-state index is 6.15. The average Bonchev–Trinajstić information content (AvgIpc) is 2.92. The van der Waals surface area contributed by atoms with E-state index in [-0.39, 0.29) is 0 Å². The van der Waals surface area contributed by atoms with Gasteiger partial charge in [-0.15, -0.1) is 0 Å². The molecule has 0 saturated heterocycles. The van der Waals surface area contributed by atoms with E-state index in [1.54, 1.807) is 0 Å². The summed E-state index contributed by atoms with van der Waals surface area (Å²) in [6.45, 7) is 0.931. The highest BCUT2D eigenvalue weighted by Gasteiger charge is 2.14. The van der Waals surface area contributed by atoms with Crippen LogP contribution in [0, 0.1) is 0 Å². The Morgan fingerprint density at radius 2 is 1.87 bits per heavy atom. The van der Waals surface area contributed by atoms with Gasteiger partial charge in [0.25, 0.3) is 0 Å². The standard InChI is InChI=1S/C18H17ClN4/c1-22(2)10-9-17-20-15-11-12(19)7-8-13(15)18-21-14-5-3-4-6-16(14)23(17)18/h3-8,11H,9-10H2,1-2H3. The fraction of sp³-hybridized carbons (Fsp3) is 0.222. The Labute approximate surface area is 139 Å². The number of aromatic nitrogens is 3. The topological polar surface area (TPSA) is 33.4 Å². The lowest BCUT2D eigenvalue weighted by molar-refractivity contribution is 0.409. The maximum Gasteiger partial charge on any atom is 0.148 e. The second kappa shape index (κ2) is 5.48. The minimum atomic E-state index is 0.698. The van der Waals surface area contributed by atoms with Crippen LogP contribution in [0.15, 0.2) is 42.5 Å². The van der Waals surface area contributed by atoms with Crippen LogP contribution in [0.4, 0.5) is 0 Å². The first kappa shape index (κ1) is 14.4. The van der Waals surface area contributed by atoms with E-state index in [4.69, 9.17) is 21.6 Å². The van der Waals surface area contributed by atoms with Crippen LogP contribution in [0.25, 0.3) is 27.6 Å². The predicted octanol–water partition coefficient (Wildman–Crippen LogP) is 3.79. The van der Waals surface area contributed by atoms with Crippen molar-refractivity contribution in [1.29, 1.82) is 0 Å². The van der Waals surface area contributed by atoms with E-state index < -0.39 is 0 Å². The first-order valence-electron chi connectivity index (χ1n) is 7.63. The van der Waals surface area contributed by atoms with Gasteiger partial charge in [-0.2, -0.15) is 0 Å². The van der Waals surface area contributed by atoms with Gasteiger partial charge in [-0.25, -0.2) is 9.97 Å². The molecule has 4 aromatic rings. The molecule has 0 amide bonds. The molecule has 4 rings (SSSR count). The molecular formula is C18H17ClN4. The Hall–Kier alpha value is -2.17. The van der Waals surface area contributed by atoms with E-state index in [9.17, 15) is 0 Å². The van der Waals surface area contributed by atoms with Crippen LogP contribution in [0.5, 0.6) is 0 Å². The van der Waals surface area contributed by atoms with Crippen molar-refractivity contribution in [1.82, 2.24) is 19.3 Å². The third-order valence-corrected chi connectivity index (χ3v) is 4.29. The van der Waals surface area contributed by atoms with E-state index in [1.165, 1.54) is 0 Å². The molecule has 0 aliphatic carbocycles. The van der Waals surface area contributed by atoms with Crippen molar-refractivity contribution >= 4 is 39.2 Å². The highest BCUT2D eigenvalue weighted by Crippen LogP contribution is 2.26. The molecule has 0 aliphatic rings. The van der Waals surface area contributed by atoms with Crippen molar-refractivity contribution in [2.75, 3.05) is 20.6 Å². The molecule has 0 spiro atoms. The van der Waals surface area contributed by atoms with Gasteiger partial charge >= 0.3 is 0 Å². The summed E-state index contributed by atoms with van der Waals surface area (Å²) in [7, 11) is 4.14. The smallest absolute Gasteiger partial charge is 0.148 e. The number of fused-ring (bicyclic) bond motifs is 5. The second-order valence-electron chi connectivity index (χ2n) is 6.00. The summed E-state index contributed by atoms with van der Waals surface area (Å²) >= 11 is 6.15. The number of nitrogens with zero attached hydrogens (tertiary/aromatic N) is 4. The molecule has 23 heavy (non-hydrogen) atoms. The number of likely N-dealkylation sites (N-methyl/N-ethyl adjacent to an activating group) is 1. The summed E-state index contributed by atoms with van der Waals surface area (Å²) in [5.74, 6) is 1.01. The van der Waals surface area contributed by atoms with Gasteiger partial charge in [0.1, 0.15) is 11.5 Å². The number of rotatable bonds is 3. The Kier molecular flexibility index (Phi) is 3.43. The number of benzene rings is 2. The lowest BCUT2D eigenvalue weighted by Crippen LogP contribution is -2.17. The highest BCUT2D eigenvalue weighted by molar-refractivity contribution is 6.31. The number of halogens is 1. The molecule has 4 nitrogen and oxygen atoms in total. The lowest BCUT2D eigenvalue weighted by atomic mass is 10.2. The summed E-state index contributed by atoms with van der Waals surface area (Å²) < 4.78 is 2.18. The Morgan fingerprint density at radius 1 is 1.04 bits per heavy atom. The zero-order valence-corrected chi connectivity index (χ0v) is 13.9. The maximum absolute atomic E-state index is 6.15. The Bertz CT molecular complexity index is 1020. The van der Waals surface area contributed by atoms with Gasteiger partial charge in [-0.1, -0.05) is 23.7 Å². The number of imidazole rings is 1.